The third-order valence-electron chi connectivity index (χ3n) is 3.29. The van der Waals surface area contributed by atoms with E-state index in [1.54, 1.807) is 29.2 Å². The number of carbonyl (C=O) groups is 2. The largest absolute Gasteiger partial charge is 0.312 e. The van der Waals surface area contributed by atoms with Crippen molar-refractivity contribution in [3.05, 3.63) is 35.6 Å². The SMILES string of the molecule is O=C(Nc1ncn[nH]1)C1CC(=O)N(c2ccc(Cl)cc2)C1. The molecule has 2 N–H and O–H groups in total. The summed E-state index contributed by atoms with van der Waals surface area (Å²) in [5.41, 5.74) is 0.736. The molecule has 2 amide bonds. The number of rotatable bonds is 3. The van der Waals surface area contributed by atoms with E-state index in [9.17, 15) is 9.59 Å². The molecule has 7 nitrogen and oxygen atoms in total. The zero-order valence-corrected chi connectivity index (χ0v) is 11.7. The average Bonchev–Trinajstić information content (AvgIpc) is 3.09. The van der Waals surface area contributed by atoms with Crippen LogP contribution in [0.3, 0.4) is 0 Å². The number of nitrogens with zero attached hydrogens (tertiary/aromatic N) is 3. The maximum Gasteiger partial charge on any atom is 0.232 e. The fourth-order valence-electron chi connectivity index (χ4n) is 2.24. The van der Waals surface area contributed by atoms with E-state index in [2.05, 4.69) is 20.5 Å². The van der Waals surface area contributed by atoms with Crippen LogP contribution in [0.25, 0.3) is 0 Å². The van der Waals surface area contributed by atoms with Crippen LogP contribution in [0.4, 0.5) is 11.6 Å². The first-order chi connectivity index (χ1) is 10.1. The highest BCUT2D eigenvalue weighted by atomic mass is 35.5. The van der Waals surface area contributed by atoms with Crippen LogP contribution in [-0.2, 0) is 9.59 Å². The monoisotopic (exact) mass is 305 g/mol. The second-order valence-corrected chi connectivity index (χ2v) is 5.14. The Balaban J connectivity index is 1.69. The van der Waals surface area contributed by atoms with Gasteiger partial charge in [-0.25, -0.2) is 5.10 Å². The molecule has 2 aromatic rings. The molecule has 0 bridgehead atoms. The summed E-state index contributed by atoms with van der Waals surface area (Å²) < 4.78 is 0. The first-order valence-corrected chi connectivity index (χ1v) is 6.73. The molecule has 2 heterocycles. The van der Waals surface area contributed by atoms with Crippen molar-refractivity contribution in [2.75, 3.05) is 16.8 Å². The van der Waals surface area contributed by atoms with E-state index in [4.69, 9.17) is 11.6 Å². The van der Waals surface area contributed by atoms with Crippen molar-refractivity contribution >= 4 is 35.1 Å². The lowest BCUT2D eigenvalue weighted by Crippen LogP contribution is -2.28. The van der Waals surface area contributed by atoms with Gasteiger partial charge in [0.2, 0.25) is 17.8 Å². The Kier molecular flexibility index (Phi) is 3.57. The summed E-state index contributed by atoms with van der Waals surface area (Å²) in [6.07, 6.45) is 1.47. The topological polar surface area (TPSA) is 91.0 Å². The number of benzene rings is 1. The van der Waals surface area contributed by atoms with Crippen LogP contribution < -0.4 is 10.2 Å². The molecular weight excluding hydrogens is 294 g/mol. The van der Waals surface area contributed by atoms with E-state index in [0.29, 0.717) is 11.6 Å². The van der Waals surface area contributed by atoms with Crippen molar-refractivity contribution in [2.24, 2.45) is 5.92 Å². The molecule has 1 aromatic heterocycles. The van der Waals surface area contributed by atoms with E-state index in [1.807, 2.05) is 0 Å². The standard InChI is InChI=1S/C13H12ClN5O2/c14-9-1-3-10(4-2-9)19-6-8(5-11(19)20)12(21)17-13-15-7-16-18-13/h1-4,7-8H,5-6H2,(H2,15,16,17,18,21). The molecule has 1 aliphatic rings. The van der Waals surface area contributed by atoms with Gasteiger partial charge in [-0.2, -0.15) is 10.1 Å². The van der Waals surface area contributed by atoms with Crippen molar-refractivity contribution in [2.45, 2.75) is 6.42 Å². The van der Waals surface area contributed by atoms with Gasteiger partial charge in [-0.1, -0.05) is 11.6 Å². The molecule has 108 valence electrons. The van der Waals surface area contributed by atoms with Gasteiger partial charge in [0.25, 0.3) is 0 Å². The summed E-state index contributed by atoms with van der Waals surface area (Å²) in [7, 11) is 0. The number of anilines is 2. The molecule has 0 saturated carbocycles. The summed E-state index contributed by atoms with van der Waals surface area (Å²) in [6, 6.07) is 6.95. The van der Waals surface area contributed by atoms with Crippen LogP contribution in [0.5, 0.6) is 0 Å². The number of amides is 2. The van der Waals surface area contributed by atoms with Gasteiger partial charge in [0, 0.05) is 23.7 Å². The lowest BCUT2D eigenvalue weighted by Gasteiger charge is -2.16. The van der Waals surface area contributed by atoms with Crippen LogP contribution in [0.15, 0.2) is 30.6 Å². The number of carbonyl (C=O) groups excluding carboxylic acids is 2. The van der Waals surface area contributed by atoms with Crippen molar-refractivity contribution in [1.29, 1.82) is 0 Å². The summed E-state index contributed by atoms with van der Waals surface area (Å²) in [4.78, 5) is 29.6. The normalized spacial score (nSPS) is 18.0. The minimum Gasteiger partial charge on any atom is -0.312 e. The van der Waals surface area contributed by atoms with Gasteiger partial charge < -0.3 is 4.90 Å². The fourth-order valence-corrected chi connectivity index (χ4v) is 2.36. The van der Waals surface area contributed by atoms with E-state index in [0.717, 1.165) is 5.69 Å². The first kappa shape index (κ1) is 13.6. The first-order valence-electron chi connectivity index (χ1n) is 6.35. The Morgan fingerprint density at radius 3 is 2.81 bits per heavy atom. The highest BCUT2D eigenvalue weighted by molar-refractivity contribution is 6.30. The second kappa shape index (κ2) is 5.53. The molecule has 1 unspecified atom stereocenters. The summed E-state index contributed by atoms with van der Waals surface area (Å²) in [5, 5.41) is 9.39. The minimum absolute atomic E-state index is 0.0879. The Morgan fingerprint density at radius 2 is 2.14 bits per heavy atom. The lowest BCUT2D eigenvalue weighted by atomic mass is 10.1. The Bertz CT molecular complexity index is 656. The molecule has 0 spiro atoms. The summed E-state index contributed by atoms with van der Waals surface area (Å²) in [5.74, 6) is -0.484. The van der Waals surface area contributed by atoms with Crippen LogP contribution in [0, 0.1) is 5.92 Å². The van der Waals surface area contributed by atoms with E-state index < -0.39 is 5.92 Å². The molecule has 1 fully saturated rings. The molecule has 1 aliphatic heterocycles. The summed E-state index contributed by atoms with van der Waals surface area (Å²) >= 11 is 5.83. The van der Waals surface area contributed by atoms with Gasteiger partial charge in [0.1, 0.15) is 6.33 Å². The number of halogens is 1. The smallest absolute Gasteiger partial charge is 0.232 e. The molecule has 3 rings (SSSR count). The molecule has 0 radical (unpaired) electrons. The van der Waals surface area contributed by atoms with Gasteiger partial charge in [-0.3, -0.25) is 14.9 Å². The maximum absolute atomic E-state index is 12.1. The van der Waals surface area contributed by atoms with Crippen molar-refractivity contribution in [3.8, 4) is 0 Å². The van der Waals surface area contributed by atoms with E-state index in [1.165, 1.54) is 6.33 Å². The number of H-pyrrole nitrogens is 1. The highest BCUT2D eigenvalue weighted by Gasteiger charge is 2.35. The number of nitrogens with one attached hydrogen (secondary N) is 2. The zero-order valence-electron chi connectivity index (χ0n) is 10.9. The molecule has 1 saturated heterocycles. The number of aromatic nitrogens is 3. The van der Waals surface area contributed by atoms with E-state index >= 15 is 0 Å². The average molecular weight is 306 g/mol. The Hall–Kier alpha value is -2.41. The molecule has 1 atom stereocenters. The van der Waals surface area contributed by atoms with Crippen LogP contribution in [0.1, 0.15) is 6.42 Å². The third kappa shape index (κ3) is 2.87. The number of hydrogen-bond donors (Lipinski definition) is 2. The molecule has 8 heteroatoms. The quantitative estimate of drug-likeness (QED) is 0.898. The lowest BCUT2D eigenvalue weighted by molar-refractivity contribution is -0.122. The Morgan fingerprint density at radius 1 is 1.38 bits per heavy atom. The molecule has 0 aliphatic carbocycles. The highest BCUT2D eigenvalue weighted by Crippen LogP contribution is 2.26. The zero-order chi connectivity index (χ0) is 14.8. The van der Waals surface area contributed by atoms with E-state index in [-0.39, 0.29) is 24.2 Å². The van der Waals surface area contributed by atoms with Crippen LogP contribution in [-0.4, -0.2) is 33.5 Å². The van der Waals surface area contributed by atoms with Gasteiger partial charge in [0.15, 0.2) is 0 Å². The van der Waals surface area contributed by atoms with Crippen molar-refractivity contribution < 1.29 is 9.59 Å². The Labute approximate surface area is 125 Å². The fraction of sp³-hybridized carbons (Fsp3) is 0.231. The number of hydrogen-bond acceptors (Lipinski definition) is 4. The predicted molar refractivity (Wildman–Crippen MR) is 76.9 cm³/mol. The molecule has 21 heavy (non-hydrogen) atoms. The second-order valence-electron chi connectivity index (χ2n) is 4.71. The predicted octanol–water partition coefficient (Wildman–Crippen LogP) is 1.45. The van der Waals surface area contributed by atoms with Crippen molar-refractivity contribution in [1.82, 2.24) is 15.2 Å². The minimum atomic E-state index is -0.418. The maximum atomic E-state index is 12.1. The molecular formula is C13H12ClN5O2. The number of aromatic amines is 1. The molecule has 1 aromatic carbocycles. The third-order valence-corrected chi connectivity index (χ3v) is 3.54. The van der Waals surface area contributed by atoms with Gasteiger partial charge in [-0.15, -0.1) is 0 Å². The van der Waals surface area contributed by atoms with Crippen molar-refractivity contribution in [3.63, 3.8) is 0 Å². The van der Waals surface area contributed by atoms with Gasteiger partial charge in [0.05, 0.1) is 5.92 Å². The summed E-state index contributed by atoms with van der Waals surface area (Å²) in [6.45, 7) is 0.334. The van der Waals surface area contributed by atoms with Gasteiger partial charge >= 0.3 is 0 Å². The van der Waals surface area contributed by atoms with Gasteiger partial charge in [-0.05, 0) is 24.3 Å². The van der Waals surface area contributed by atoms with Crippen LogP contribution >= 0.6 is 11.6 Å². The van der Waals surface area contributed by atoms with Crippen LogP contribution in [0.2, 0.25) is 5.02 Å².